The Balaban J connectivity index is 3.54. The van der Waals surface area contributed by atoms with Crippen molar-refractivity contribution in [2.24, 2.45) is 0 Å². The summed E-state index contributed by atoms with van der Waals surface area (Å²) in [6.07, 6.45) is -4.94. The van der Waals surface area contributed by atoms with Crippen LogP contribution < -0.4 is 0 Å². The molecular weight excluding hydrogens is 218 g/mol. The number of alkyl halides is 3. The fourth-order valence-electron chi connectivity index (χ4n) is 1.19. The van der Waals surface area contributed by atoms with Gasteiger partial charge in [0.1, 0.15) is 11.4 Å². The van der Waals surface area contributed by atoms with Gasteiger partial charge in [0.2, 0.25) is 0 Å². The number of nitrogens with zero attached hydrogens (tertiary/aromatic N) is 1. The molecule has 0 aliphatic heterocycles. The van der Waals surface area contributed by atoms with Crippen LogP contribution in [0.1, 0.15) is 11.1 Å². The van der Waals surface area contributed by atoms with E-state index in [-0.39, 0.29) is 11.6 Å². The first kappa shape index (κ1) is 11.4. The average Bonchev–Trinajstić information content (AvgIpc) is 1.99. The lowest BCUT2D eigenvalue weighted by Crippen LogP contribution is -2.10. The zero-order valence-corrected chi connectivity index (χ0v) is 7.43. The van der Waals surface area contributed by atoms with E-state index in [9.17, 15) is 27.7 Å². The Kier molecular flexibility index (Phi) is 2.65. The van der Waals surface area contributed by atoms with Gasteiger partial charge in [0, 0.05) is 5.56 Å². The van der Waals surface area contributed by atoms with Crippen LogP contribution in [0, 0.1) is 22.9 Å². The van der Waals surface area contributed by atoms with Crippen LogP contribution in [0.3, 0.4) is 0 Å². The molecule has 3 nitrogen and oxygen atoms in total. The topological polar surface area (TPSA) is 43.1 Å². The fourth-order valence-corrected chi connectivity index (χ4v) is 1.19. The predicted octanol–water partition coefficient (Wildman–Crippen LogP) is 3.06. The Morgan fingerprint density at radius 3 is 2.27 bits per heavy atom. The molecule has 15 heavy (non-hydrogen) atoms. The summed E-state index contributed by atoms with van der Waals surface area (Å²) < 4.78 is 49.6. The highest BCUT2D eigenvalue weighted by Gasteiger charge is 2.39. The van der Waals surface area contributed by atoms with Crippen molar-refractivity contribution in [3.05, 3.63) is 39.2 Å². The molecule has 1 rings (SSSR count). The molecular formula is C8H5F4NO2. The molecule has 0 aromatic heterocycles. The lowest BCUT2D eigenvalue weighted by molar-refractivity contribution is -0.388. The van der Waals surface area contributed by atoms with E-state index in [1.54, 1.807) is 0 Å². The molecule has 7 heteroatoms. The first-order valence-electron chi connectivity index (χ1n) is 3.75. The van der Waals surface area contributed by atoms with Crippen molar-refractivity contribution in [3.63, 3.8) is 0 Å². The predicted molar refractivity (Wildman–Crippen MR) is 42.8 cm³/mol. The van der Waals surface area contributed by atoms with Gasteiger partial charge >= 0.3 is 6.18 Å². The highest BCUT2D eigenvalue weighted by atomic mass is 19.4. The molecule has 0 radical (unpaired) electrons. The third kappa shape index (κ3) is 2.23. The number of hydrogen-bond acceptors (Lipinski definition) is 2. The van der Waals surface area contributed by atoms with E-state index in [0.717, 1.165) is 6.92 Å². The Morgan fingerprint density at radius 2 is 1.87 bits per heavy atom. The van der Waals surface area contributed by atoms with Gasteiger partial charge in [-0.05, 0) is 19.1 Å². The second kappa shape index (κ2) is 3.48. The van der Waals surface area contributed by atoms with Crippen LogP contribution in [0.25, 0.3) is 0 Å². The van der Waals surface area contributed by atoms with Crippen LogP contribution in [0.5, 0.6) is 0 Å². The molecule has 0 saturated heterocycles. The van der Waals surface area contributed by atoms with Crippen LogP contribution >= 0.6 is 0 Å². The van der Waals surface area contributed by atoms with Crippen LogP contribution in [0.15, 0.2) is 12.1 Å². The molecule has 1 aromatic carbocycles. The van der Waals surface area contributed by atoms with E-state index >= 15 is 0 Å². The summed E-state index contributed by atoms with van der Waals surface area (Å²) in [6, 6.07) is 0.804. The maximum absolute atomic E-state index is 12.7. The van der Waals surface area contributed by atoms with Gasteiger partial charge in [0.25, 0.3) is 5.69 Å². The molecule has 0 spiro atoms. The van der Waals surface area contributed by atoms with Gasteiger partial charge in [-0.2, -0.15) is 13.2 Å². The summed E-state index contributed by atoms with van der Waals surface area (Å²) in [5.41, 5.74) is -3.03. The van der Waals surface area contributed by atoms with Crippen LogP contribution in [-0.2, 0) is 6.18 Å². The molecule has 0 heterocycles. The molecule has 0 N–H and O–H groups in total. The Hall–Kier alpha value is -1.66. The first-order valence-corrected chi connectivity index (χ1v) is 3.75. The largest absolute Gasteiger partial charge is 0.423 e. The number of hydrogen-bond donors (Lipinski definition) is 0. The minimum atomic E-state index is -4.94. The summed E-state index contributed by atoms with van der Waals surface area (Å²) in [7, 11) is 0. The quantitative estimate of drug-likeness (QED) is 0.417. The summed E-state index contributed by atoms with van der Waals surface area (Å²) in [5.74, 6) is -1.15. The molecule has 1 aromatic rings. The van der Waals surface area contributed by atoms with Crippen molar-refractivity contribution in [3.8, 4) is 0 Å². The van der Waals surface area contributed by atoms with E-state index < -0.39 is 28.2 Å². The van der Waals surface area contributed by atoms with Crippen molar-refractivity contribution in [2.45, 2.75) is 13.1 Å². The number of aryl methyl sites for hydroxylation is 1. The second-order valence-electron chi connectivity index (χ2n) is 2.87. The van der Waals surface area contributed by atoms with Gasteiger partial charge < -0.3 is 0 Å². The lowest BCUT2D eigenvalue weighted by Gasteiger charge is -2.08. The normalized spacial score (nSPS) is 11.5. The SMILES string of the molecule is Cc1cc(F)cc(C(F)(F)F)c1[N+](=O)[O-]. The Bertz CT molecular complexity index is 414. The van der Waals surface area contributed by atoms with Crippen LogP contribution in [0.2, 0.25) is 0 Å². The monoisotopic (exact) mass is 223 g/mol. The van der Waals surface area contributed by atoms with E-state index in [2.05, 4.69) is 0 Å². The molecule has 0 bridgehead atoms. The number of halogens is 4. The summed E-state index contributed by atoms with van der Waals surface area (Å²) >= 11 is 0. The van der Waals surface area contributed by atoms with Gasteiger partial charge in [-0.3, -0.25) is 10.1 Å². The van der Waals surface area contributed by atoms with Crippen LogP contribution in [0.4, 0.5) is 23.2 Å². The van der Waals surface area contributed by atoms with Crippen LogP contribution in [-0.4, -0.2) is 4.92 Å². The molecule has 0 saturated carbocycles. The smallest absolute Gasteiger partial charge is 0.258 e. The zero-order chi connectivity index (χ0) is 11.8. The Labute approximate surface area is 81.5 Å². The fraction of sp³-hybridized carbons (Fsp3) is 0.250. The van der Waals surface area contributed by atoms with Gasteiger partial charge in [-0.1, -0.05) is 0 Å². The maximum Gasteiger partial charge on any atom is 0.423 e. The van der Waals surface area contributed by atoms with E-state index in [1.807, 2.05) is 0 Å². The standard InChI is InChI=1S/C8H5F4NO2/c1-4-2-5(9)3-6(8(10,11)12)7(4)13(14)15/h2-3H,1H3. The highest BCUT2D eigenvalue weighted by molar-refractivity contribution is 5.48. The van der Waals surface area contributed by atoms with Gasteiger partial charge in [-0.15, -0.1) is 0 Å². The molecule has 0 fully saturated rings. The van der Waals surface area contributed by atoms with E-state index in [0.29, 0.717) is 6.07 Å². The number of rotatable bonds is 1. The number of nitro benzene ring substituents is 1. The molecule has 0 aliphatic carbocycles. The van der Waals surface area contributed by atoms with Crippen molar-refractivity contribution >= 4 is 5.69 Å². The molecule has 82 valence electrons. The van der Waals surface area contributed by atoms with Gasteiger partial charge in [-0.25, -0.2) is 4.39 Å². The van der Waals surface area contributed by atoms with Crippen molar-refractivity contribution in [1.29, 1.82) is 0 Å². The Morgan fingerprint density at radius 1 is 1.33 bits per heavy atom. The molecule has 0 aliphatic rings. The van der Waals surface area contributed by atoms with Gasteiger partial charge in [0.05, 0.1) is 4.92 Å². The third-order valence-electron chi connectivity index (χ3n) is 1.75. The zero-order valence-electron chi connectivity index (χ0n) is 7.43. The van der Waals surface area contributed by atoms with Gasteiger partial charge in [0.15, 0.2) is 0 Å². The molecule has 0 atom stereocenters. The lowest BCUT2D eigenvalue weighted by atomic mass is 10.1. The molecule has 0 unspecified atom stereocenters. The molecule has 0 amide bonds. The van der Waals surface area contributed by atoms with E-state index in [1.165, 1.54) is 0 Å². The summed E-state index contributed by atoms with van der Waals surface area (Å²) in [6.45, 7) is 1.05. The maximum atomic E-state index is 12.7. The third-order valence-corrected chi connectivity index (χ3v) is 1.75. The van der Waals surface area contributed by atoms with E-state index in [4.69, 9.17) is 0 Å². The average molecular weight is 223 g/mol. The number of benzene rings is 1. The van der Waals surface area contributed by atoms with Crippen molar-refractivity contribution in [2.75, 3.05) is 0 Å². The second-order valence-corrected chi connectivity index (χ2v) is 2.87. The van der Waals surface area contributed by atoms with Crippen molar-refractivity contribution < 1.29 is 22.5 Å². The summed E-state index contributed by atoms with van der Waals surface area (Å²) in [5, 5.41) is 10.4. The first-order chi connectivity index (χ1) is 6.73. The summed E-state index contributed by atoms with van der Waals surface area (Å²) in [4.78, 5) is 9.21. The minimum Gasteiger partial charge on any atom is -0.258 e. The minimum absolute atomic E-state index is 0.116. The number of nitro groups is 1. The highest BCUT2D eigenvalue weighted by Crippen LogP contribution is 2.38. The van der Waals surface area contributed by atoms with Crippen molar-refractivity contribution in [1.82, 2.24) is 0 Å².